The number of carbonyl (C=O) groups is 1. The van der Waals surface area contributed by atoms with Crippen molar-refractivity contribution >= 4 is 16.9 Å². The third-order valence-corrected chi connectivity index (χ3v) is 4.91. The van der Waals surface area contributed by atoms with Gasteiger partial charge in [-0.15, -0.1) is 0 Å². The Morgan fingerprint density at radius 1 is 1.35 bits per heavy atom. The number of amides is 1. The van der Waals surface area contributed by atoms with E-state index in [1.54, 1.807) is 0 Å². The predicted octanol–water partition coefficient (Wildman–Crippen LogP) is 2.58. The zero-order valence-corrected chi connectivity index (χ0v) is 13.9. The van der Waals surface area contributed by atoms with Crippen LogP contribution in [0.5, 0.6) is 0 Å². The highest BCUT2D eigenvalue weighted by Crippen LogP contribution is 2.30. The molecule has 3 rings (SSSR count). The van der Waals surface area contributed by atoms with E-state index in [0.717, 1.165) is 49.0 Å². The molecule has 0 radical (unpaired) electrons. The number of fused-ring (bicyclic) bond motifs is 1. The van der Waals surface area contributed by atoms with Crippen molar-refractivity contribution in [2.75, 3.05) is 0 Å². The third kappa shape index (κ3) is 3.39. The Balaban J connectivity index is 1.65. The second-order valence-corrected chi connectivity index (χ2v) is 6.77. The van der Waals surface area contributed by atoms with Crippen molar-refractivity contribution in [1.29, 1.82) is 0 Å². The molecule has 1 heterocycles. The Morgan fingerprint density at radius 3 is 2.78 bits per heavy atom. The largest absolute Gasteiger partial charge is 0.389 e. The monoisotopic (exact) mass is 315 g/mol. The first-order valence-corrected chi connectivity index (χ1v) is 8.38. The highest BCUT2D eigenvalue weighted by molar-refractivity contribution is 5.80. The summed E-state index contributed by atoms with van der Waals surface area (Å²) in [6.45, 7) is 2.45. The maximum absolute atomic E-state index is 12.2. The molecule has 0 saturated heterocycles. The van der Waals surface area contributed by atoms with Crippen molar-refractivity contribution in [1.82, 2.24) is 14.9 Å². The van der Waals surface area contributed by atoms with Crippen LogP contribution in [0.15, 0.2) is 18.2 Å². The number of hydrogen-bond acceptors (Lipinski definition) is 3. The molecule has 1 saturated carbocycles. The van der Waals surface area contributed by atoms with Crippen LogP contribution in [0.2, 0.25) is 0 Å². The zero-order valence-electron chi connectivity index (χ0n) is 13.9. The number of hydrogen-bond donors (Lipinski definition) is 2. The third-order valence-electron chi connectivity index (χ3n) is 4.91. The van der Waals surface area contributed by atoms with Crippen LogP contribution < -0.4 is 5.32 Å². The first kappa shape index (κ1) is 16.0. The number of aliphatic hydroxyl groups is 1. The molecule has 23 heavy (non-hydrogen) atoms. The average molecular weight is 315 g/mol. The highest BCUT2D eigenvalue weighted by atomic mass is 16.3. The van der Waals surface area contributed by atoms with Gasteiger partial charge in [-0.3, -0.25) is 4.79 Å². The van der Waals surface area contributed by atoms with Crippen molar-refractivity contribution in [2.24, 2.45) is 7.05 Å². The molecule has 0 atom stereocenters. The molecule has 0 unspecified atom stereocenters. The summed E-state index contributed by atoms with van der Waals surface area (Å²) in [4.78, 5) is 16.8. The number of nitrogens with one attached hydrogen (secondary N) is 1. The molecule has 0 bridgehead atoms. The summed E-state index contributed by atoms with van der Waals surface area (Å²) in [6, 6.07) is 6.04. The first-order chi connectivity index (χ1) is 11.0. The Hall–Kier alpha value is -1.88. The number of imidazole rings is 1. The van der Waals surface area contributed by atoms with E-state index in [-0.39, 0.29) is 12.3 Å². The van der Waals surface area contributed by atoms with Gasteiger partial charge in [-0.05, 0) is 31.4 Å². The Labute approximate surface area is 136 Å². The van der Waals surface area contributed by atoms with Crippen molar-refractivity contribution in [3.05, 3.63) is 29.6 Å². The fourth-order valence-electron chi connectivity index (χ4n) is 3.60. The molecule has 2 N–H and O–H groups in total. The van der Waals surface area contributed by atoms with Crippen molar-refractivity contribution in [2.45, 2.75) is 57.6 Å². The van der Waals surface area contributed by atoms with Gasteiger partial charge in [0.05, 0.1) is 29.6 Å². The fourth-order valence-corrected chi connectivity index (χ4v) is 3.60. The van der Waals surface area contributed by atoms with E-state index >= 15 is 0 Å². The van der Waals surface area contributed by atoms with Gasteiger partial charge in [0.1, 0.15) is 5.82 Å². The lowest BCUT2D eigenvalue weighted by atomic mass is 9.82. The average Bonchev–Trinajstić information content (AvgIpc) is 2.83. The molecule has 0 spiro atoms. The normalized spacial score (nSPS) is 17.3. The van der Waals surface area contributed by atoms with Crippen LogP contribution in [0.25, 0.3) is 11.0 Å². The number of carbonyl (C=O) groups excluding carboxylic acids is 1. The second-order valence-electron chi connectivity index (χ2n) is 6.77. The van der Waals surface area contributed by atoms with Gasteiger partial charge in [0.15, 0.2) is 0 Å². The molecule has 1 fully saturated rings. The SMILES string of the molecule is Cc1cccc2nc(CNC(=O)CC3(O)CCCCC3)n(C)c12. The van der Waals surface area contributed by atoms with Gasteiger partial charge >= 0.3 is 0 Å². The van der Waals surface area contributed by atoms with Crippen LogP contribution >= 0.6 is 0 Å². The number of para-hydroxylation sites is 1. The molecule has 1 amide bonds. The van der Waals surface area contributed by atoms with Crippen LogP contribution in [-0.2, 0) is 18.4 Å². The number of rotatable bonds is 4. The highest BCUT2D eigenvalue weighted by Gasteiger charge is 2.31. The summed E-state index contributed by atoms with van der Waals surface area (Å²) in [7, 11) is 1.97. The molecule has 0 aliphatic heterocycles. The second kappa shape index (κ2) is 6.32. The van der Waals surface area contributed by atoms with Gasteiger partial charge in [0.2, 0.25) is 5.91 Å². The van der Waals surface area contributed by atoms with E-state index in [2.05, 4.69) is 23.3 Å². The van der Waals surface area contributed by atoms with E-state index in [0.29, 0.717) is 6.54 Å². The zero-order chi connectivity index (χ0) is 16.4. The van der Waals surface area contributed by atoms with Crippen LogP contribution in [0.3, 0.4) is 0 Å². The predicted molar refractivity (Wildman–Crippen MR) is 89.9 cm³/mol. The standard InChI is InChI=1S/C18H25N3O2/c1-13-7-6-8-14-17(13)21(2)15(20-14)12-19-16(22)11-18(23)9-4-3-5-10-18/h6-8,23H,3-5,9-12H2,1-2H3,(H,19,22). The van der Waals surface area contributed by atoms with Crippen molar-refractivity contribution < 1.29 is 9.90 Å². The number of aromatic nitrogens is 2. The summed E-state index contributed by atoms with van der Waals surface area (Å²) in [5.74, 6) is 0.733. The van der Waals surface area contributed by atoms with Gasteiger partial charge in [-0.2, -0.15) is 0 Å². The van der Waals surface area contributed by atoms with Crippen molar-refractivity contribution in [3.8, 4) is 0 Å². The van der Waals surface area contributed by atoms with E-state index in [9.17, 15) is 9.90 Å². The van der Waals surface area contributed by atoms with Crippen LogP contribution in [0, 0.1) is 6.92 Å². The molecular weight excluding hydrogens is 290 g/mol. The summed E-state index contributed by atoms with van der Waals surface area (Å²) in [5, 5.41) is 13.4. The van der Waals surface area contributed by atoms with E-state index in [4.69, 9.17) is 0 Å². The van der Waals surface area contributed by atoms with E-state index in [1.807, 2.05) is 23.7 Å². The quantitative estimate of drug-likeness (QED) is 0.911. The lowest BCUT2D eigenvalue weighted by molar-refractivity contribution is -0.127. The summed E-state index contributed by atoms with van der Waals surface area (Å²) in [6.07, 6.45) is 4.82. The summed E-state index contributed by atoms with van der Waals surface area (Å²) >= 11 is 0. The van der Waals surface area contributed by atoms with Gasteiger partial charge in [-0.25, -0.2) is 4.98 Å². The molecule has 1 aliphatic rings. The Bertz CT molecular complexity index is 714. The minimum absolute atomic E-state index is 0.0989. The summed E-state index contributed by atoms with van der Waals surface area (Å²) < 4.78 is 2.03. The molecule has 5 heteroatoms. The molecule has 5 nitrogen and oxygen atoms in total. The topological polar surface area (TPSA) is 67.2 Å². The molecule has 1 aromatic heterocycles. The van der Waals surface area contributed by atoms with E-state index in [1.165, 1.54) is 5.56 Å². The molecule has 1 aliphatic carbocycles. The first-order valence-electron chi connectivity index (χ1n) is 8.38. The lowest BCUT2D eigenvalue weighted by Gasteiger charge is -2.31. The minimum atomic E-state index is -0.814. The molecule has 1 aromatic carbocycles. The number of benzene rings is 1. The van der Waals surface area contributed by atoms with Gasteiger partial charge < -0.3 is 15.0 Å². The molecular formula is C18H25N3O2. The molecule has 124 valence electrons. The maximum Gasteiger partial charge on any atom is 0.223 e. The van der Waals surface area contributed by atoms with E-state index < -0.39 is 5.60 Å². The van der Waals surface area contributed by atoms with Crippen LogP contribution in [0.4, 0.5) is 0 Å². The smallest absolute Gasteiger partial charge is 0.223 e. The Morgan fingerprint density at radius 2 is 2.09 bits per heavy atom. The van der Waals surface area contributed by atoms with Gasteiger partial charge in [0.25, 0.3) is 0 Å². The van der Waals surface area contributed by atoms with Crippen LogP contribution in [0.1, 0.15) is 49.9 Å². The lowest BCUT2D eigenvalue weighted by Crippen LogP contribution is -2.38. The fraction of sp³-hybridized carbons (Fsp3) is 0.556. The molecule has 2 aromatic rings. The minimum Gasteiger partial charge on any atom is -0.389 e. The van der Waals surface area contributed by atoms with Gasteiger partial charge in [0, 0.05) is 7.05 Å². The van der Waals surface area contributed by atoms with Crippen molar-refractivity contribution in [3.63, 3.8) is 0 Å². The summed E-state index contributed by atoms with van der Waals surface area (Å²) in [5.41, 5.74) is 2.41. The number of nitrogens with zero attached hydrogens (tertiary/aromatic N) is 2. The Kier molecular flexibility index (Phi) is 4.39. The van der Waals surface area contributed by atoms with Gasteiger partial charge in [-0.1, -0.05) is 31.4 Å². The number of aryl methyl sites for hydroxylation is 2. The van der Waals surface area contributed by atoms with Crippen LogP contribution in [-0.4, -0.2) is 26.2 Å². The maximum atomic E-state index is 12.2.